The molecule has 0 atom stereocenters. The highest BCUT2D eigenvalue weighted by Crippen LogP contribution is 2.08. The summed E-state index contributed by atoms with van der Waals surface area (Å²) >= 11 is 0. The summed E-state index contributed by atoms with van der Waals surface area (Å²) in [5.74, 6) is -0.852. The first-order valence-electron chi connectivity index (χ1n) is 5.59. The van der Waals surface area contributed by atoms with E-state index in [0.717, 1.165) is 5.56 Å². The van der Waals surface area contributed by atoms with Gasteiger partial charge in [-0.15, -0.1) is 0 Å². The molecule has 1 aromatic carbocycles. The van der Waals surface area contributed by atoms with Crippen molar-refractivity contribution in [2.24, 2.45) is 0 Å². The maximum atomic E-state index is 11.5. The number of ether oxygens (including phenoxy) is 2. The average Bonchev–Trinajstić information content (AvgIpc) is 2.42. The summed E-state index contributed by atoms with van der Waals surface area (Å²) in [5, 5.41) is 0. The normalized spacial score (nSPS) is 9.61. The fourth-order valence-corrected chi connectivity index (χ4v) is 1.28. The minimum atomic E-state index is -0.484. The summed E-state index contributed by atoms with van der Waals surface area (Å²) < 4.78 is 9.54. The van der Waals surface area contributed by atoms with Gasteiger partial charge in [-0.05, 0) is 12.0 Å². The number of hydrogen-bond acceptors (Lipinski definition) is 4. The van der Waals surface area contributed by atoms with Crippen molar-refractivity contribution in [1.82, 2.24) is 0 Å². The van der Waals surface area contributed by atoms with Crippen molar-refractivity contribution in [1.29, 1.82) is 0 Å². The smallest absolute Gasteiger partial charge is 0.333 e. The molecule has 0 aliphatic rings. The molecule has 0 N–H and O–H groups in total. The average molecular weight is 248 g/mol. The third kappa shape index (κ3) is 4.82. The fraction of sp³-hybridized carbons (Fsp3) is 0.286. The van der Waals surface area contributed by atoms with Crippen LogP contribution in [0.25, 0.3) is 0 Å². The molecule has 0 unspecified atom stereocenters. The van der Waals surface area contributed by atoms with Gasteiger partial charge in [-0.1, -0.05) is 36.9 Å². The van der Waals surface area contributed by atoms with Gasteiger partial charge in [-0.3, -0.25) is 4.79 Å². The highest BCUT2D eigenvalue weighted by Gasteiger charge is 2.11. The van der Waals surface area contributed by atoms with E-state index in [0.29, 0.717) is 0 Å². The van der Waals surface area contributed by atoms with Gasteiger partial charge in [0.1, 0.15) is 6.61 Å². The lowest BCUT2D eigenvalue weighted by atomic mass is 10.1. The standard InChI is InChI=1S/C14H16O4/c1-11(8-9-13(15)17-2)14(16)18-10-12-6-4-3-5-7-12/h3-7H,1,8-10H2,2H3. The lowest BCUT2D eigenvalue weighted by Crippen LogP contribution is -2.09. The van der Waals surface area contributed by atoms with Crippen LogP contribution in [-0.4, -0.2) is 19.0 Å². The Morgan fingerprint density at radius 1 is 1.17 bits per heavy atom. The third-order valence-corrected chi connectivity index (χ3v) is 2.36. The zero-order chi connectivity index (χ0) is 13.4. The van der Waals surface area contributed by atoms with Crippen LogP contribution in [0.5, 0.6) is 0 Å². The Labute approximate surface area is 106 Å². The van der Waals surface area contributed by atoms with Crippen molar-refractivity contribution >= 4 is 11.9 Å². The SMILES string of the molecule is C=C(CCC(=O)OC)C(=O)OCc1ccccc1. The topological polar surface area (TPSA) is 52.6 Å². The van der Waals surface area contributed by atoms with Crippen LogP contribution in [0.4, 0.5) is 0 Å². The summed E-state index contributed by atoms with van der Waals surface area (Å²) in [7, 11) is 1.30. The largest absolute Gasteiger partial charge is 0.469 e. The lowest BCUT2D eigenvalue weighted by Gasteiger charge is -2.06. The van der Waals surface area contributed by atoms with Crippen LogP contribution in [0.1, 0.15) is 18.4 Å². The molecule has 0 saturated heterocycles. The summed E-state index contributed by atoms with van der Waals surface area (Å²) in [5.41, 5.74) is 1.18. The van der Waals surface area contributed by atoms with E-state index in [2.05, 4.69) is 11.3 Å². The highest BCUT2D eigenvalue weighted by atomic mass is 16.5. The van der Waals surface area contributed by atoms with Gasteiger partial charge < -0.3 is 9.47 Å². The van der Waals surface area contributed by atoms with Crippen molar-refractivity contribution in [3.63, 3.8) is 0 Å². The minimum absolute atomic E-state index is 0.135. The van der Waals surface area contributed by atoms with Crippen molar-refractivity contribution in [3.8, 4) is 0 Å². The summed E-state index contributed by atoms with van der Waals surface area (Å²) in [6.45, 7) is 3.80. The molecule has 0 amide bonds. The number of carbonyl (C=O) groups excluding carboxylic acids is 2. The number of benzene rings is 1. The van der Waals surface area contributed by atoms with Gasteiger partial charge >= 0.3 is 11.9 Å². The van der Waals surface area contributed by atoms with E-state index in [4.69, 9.17) is 4.74 Å². The molecular weight excluding hydrogens is 232 g/mol. The van der Waals surface area contributed by atoms with Crippen LogP contribution < -0.4 is 0 Å². The van der Waals surface area contributed by atoms with Crippen LogP contribution in [-0.2, 0) is 25.7 Å². The predicted molar refractivity (Wildman–Crippen MR) is 66.6 cm³/mol. The lowest BCUT2D eigenvalue weighted by molar-refractivity contribution is -0.141. The Balaban J connectivity index is 2.32. The third-order valence-electron chi connectivity index (χ3n) is 2.36. The minimum Gasteiger partial charge on any atom is -0.469 e. The zero-order valence-corrected chi connectivity index (χ0v) is 10.3. The second kappa shape index (κ2) is 7.27. The van der Waals surface area contributed by atoms with Gasteiger partial charge in [0.15, 0.2) is 0 Å². The molecule has 0 aliphatic carbocycles. The monoisotopic (exact) mass is 248 g/mol. The quantitative estimate of drug-likeness (QED) is 0.572. The van der Waals surface area contributed by atoms with Crippen LogP contribution in [0.2, 0.25) is 0 Å². The number of rotatable bonds is 6. The molecular formula is C14H16O4. The first kappa shape index (κ1) is 14.0. The Kier molecular flexibility index (Phi) is 5.64. The Morgan fingerprint density at radius 3 is 2.44 bits per heavy atom. The second-order valence-electron chi connectivity index (χ2n) is 3.74. The maximum Gasteiger partial charge on any atom is 0.333 e. The number of carbonyl (C=O) groups is 2. The molecule has 0 aliphatic heterocycles. The van der Waals surface area contributed by atoms with E-state index >= 15 is 0 Å². The molecule has 1 rings (SSSR count). The molecule has 0 saturated carbocycles. The second-order valence-corrected chi connectivity index (χ2v) is 3.74. The van der Waals surface area contributed by atoms with E-state index < -0.39 is 5.97 Å². The van der Waals surface area contributed by atoms with Crippen molar-refractivity contribution in [2.75, 3.05) is 7.11 Å². The highest BCUT2D eigenvalue weighted by molar-refractivity contribution is 5.88. The Morgan fingerprint density at radius 2 is 1.83 bits per heavy atom. The molecule has 4 nitrogen and oxygen atoms in total. The first-order chi connectivity index (χ1) is 8.63. The van der Waals surface area contributed by atoms with Gasteiger partial charge in [0.25, 0.3) is 0 Å². The molecule has 0 heterocycles. The number of hydrogen-bond donors (Lipinski definition) is 0. The predicted octanol–water partition coefficient (Wildman–Crippen LogP) is 2.24. The molecule has 0 spiro atoms. The van der Waals surface area contributed by atoms with Crippen LogP contribution in [0.15, 0.2) is 42.5 Å². The molecule has 18 heavy (non-hydrogen) atoms. The maximum absolute atomic E-state index is 11.5. The van der Waals surface area contributed by atoms with E-state index in [1.165, 1.54) is 7.11 Å². The molecule has 1 aromatic rings. The van der Waals surface area contributed by atoms with Crippen LogP contribution >= 0.6 is 0 Å². The van der Waals surface area contributed by atoms with E-state index in [1.54, 1.807) is 0 Å². The summed E-state index contributed by atoms with van der Waals surface area (Å²) in [6, 6.07) is 9.36. The zero-order valence-electron chi connectivity index (χ0n) is 10.3. The van der Waals surface area contributed by atoms with Gasteiger partial charge in [0.05, 0.1) is 7.11 Å². The fourth-order valence-electron chi connectivity index (χ4n) is 1.28. The number of methoxy groups -OCH3 is 1. The van der Waals surface area contributed by atoms with Crippen molar-refractivity contribution < 1.29 is 19.1 Å². The summed E-state index contributed by atoms with van der Waals surface area (Å²) in [4.78, 5) is 22.4. The Bertz CT molecular complexity index is 423. The van der Waals surface area contributed by atoms with E-state index in [9.17, 15) is 9.59 Å². The van der Waals surface area contributed by atoms with Crippen LogP contribution in [0.3, 0.4) is 0 Å². The Hall–Kier alpha value is -2.10. The molecule has 0 radical (unpaired) electrons. The van der Waals surface area contributed by atoms with Crippen LogP contribution in [0, 0.1) is 0 Å². The first-order valence-corrected chi connectivity index (χ1v) is 5.59. The molecule has 0 aromatic heterocycles. The van der Waals surface area contributed by atoms with E-state index in [1.807, 2.05) is 30.3 Å². The van der Waals surface area contributed by atoms with Gasteiger partial charge in [0.2, 0.25) is 0 Å². The molecule has 96 valence electrons. The van der Waals surface area contributed by atoms with E-state index in [-0.39, 0.29) is 31.0 Å². The molecule has 0 fully saturated rings. The molecule has 0 bridgehead atoms. The number of esters is 2. The van der Waals surface area contributed by atoms with Crippen molar-refractivity contribution in [3.05, 3.63) is 48.0 Å². The summed E-state index contributed by atoms with van der Waals surface area (Å²) in [6.07, 6.45) is 0.385. The van der Waals surface area contributed by atoms with Gasteiger partial charge in [-0.2, -0.15) is 0 Å². The molecule has 4 heteroatoms. The van der Waals surface area contributed by atoms with Crippen molar-refractivity contribution in [2.45, 2.75) is 19.4 Å². The van der Waals surface area contributed by atoms with Gasteiger partial charge in [0, 0.05) is 12.0 Å². The van der Waals surface area contributed by atoms with Gasteiger partial charge in [-0.25, -0.2) is 4.79 Å².